The lowest BCUT2D eigenvalue weighted by atomic mass is 10.1. The molecule has 0 saturated carbocycles. The van der Waals surface area contributed by atoms with E-state index in [1.807, 2.05) is 12.1 Å². The molecule has 0 bridgehead atoms. The van der Waals surface area contributed by atoms with Gasteiger partial charge in [0.05, 0.1) is 29.2 Å². The summed E-state index contributed by atoms with van der Waals surface area (Å²) in [6.45, 7) is 4.68. The van der Waals surface area contributed by atoms with Gasteiger partial charge in [-0.15, -0.1) is 11.3 Å². The maximum absolute atomic E-state index is 5.50. The van der Waals surface area contributed by atoms with E-state index in [1.54, 1.807) is 17.6 Å². The van der Waals surface area contributed by atoms with E-state index in [2.05, 4.69) is 27.9 Å². The molecule has 4 rings (SSSR count). The molecule has 1 aliphatic heterocycles. The van der Waals surface area contributed by atoms with Crippen LogP contribution < -0.4 is 10.6 Å². The summed E-state index contributed by atoms with van der Waals surface area (Å²) in [5.41, 5.74) is 3.35. The minimum absolute atomic E-state index is 0.640. The Morgan fingerprint density at radius 1 is 1.24 bits per heavy atom. The van der Waals surface area contributed by atoms with Crippen LogP contribution in [0.3, 0.4) is 0 Å². The molecule has 1 aliphatic rings. The summed E-state index contributed by atoms with van der Waals surface area (Å²) in [6.07, 6.45) is 4.45. The van der Waals surface area contributed by atoms with Gasteiger partial charge in [0.15, 0.2) is 11.6 Å². The molecule has 2 N–H and O–H groups in total. The molecule has 130 valence electrons. The number of fused-ring (bicyclic) bond motifs is 1. The molecule has 6 nitrogen and oxygen atoms in total. The molecule has 0 aliphatic carbocycles. The van der Waals surface area contributed by atoms with Crippen molar-refractivity contribution in [3.8, 4) is 11.6 Å². The Bertz CT molecular complexity index is 843. The van der Waals surface area contributed by atoms with E-state index in [0.29, 0.717) is 18.1 Å². The molecule has 4 heterocycles. The zero-order chi connectivity index (χ0) is 17.1. The third kappa shape index (κ3) is 3.57. The number of furan rings is 1. The summed E-state index contributed by atoms with van der Waals surface area (Å²) in [5.74, 6) is 2.23. The van der Waals surface area contributed by atoms with Crippen molar-refractivity contribution in [2.24, 2.45) is 0 Å². The summed E-state index contributed by atoms with van der Waals surface area (Å²) in [6, 6.07) is 3.76. The van der Waals surface area contributed by atoms with Gasteiger partial charge in [0, 0.05) is 23.9 Å². The SMILES string of the molecule is CCc1nc(CNc2nc(-c3ccco3)nc3c2CCNCC3)cs1. The minimum atomic E-state index is 0.640. The molecule has 0 amide bonds. The zero-order valence-corrected chi connectivity index (χ0v) is 15.0. The standard InChI is InChI=1S/C18H21N5OS/c1-2-16-21-12(11-25-16)10-20-17-13-5-7-19-8-6-14(13)22-18(23-17)15-4-3-9-24-15/h3-4,9,11,19H,2,5-8,10H2,1H3,(H,20,22,23). The molecule has 0 saturated heterocycles. The Labute approximate surface area is 150 Å². The highest BCUT2D eigenvalue weighted by molar-refractivity contribution is 7.09. The number of nitrogens with zero attached hydrogens (tertiary/aromatic N) is 3. The van der Waals surface area contributed by atoms with Gasteiger partial charge in [0.2, 0.25) is 0 Å². The van der Waals surface area contributed by atoms with E-state index in [-0.39, 0.29) is 0 Å². The zero-order valence-electron chi connectivity index (χ0n) is 14.2. The van der Waals surface area contributed by atoms with Crippen molar-refractivity contribution in [2.45, 2.75) is 32.7 Å². The van der Waals surface area contributed by atoms with Crippen LogP contribution in [0.4, 0.5) is 5.82 Å². The van der Waals surface area contributed by atoms with Crippen molar-refractivity contribution in [3.63, 3.8) is 0 Å². The van der Waals surface area contributed by atoms with E-state index in [0.717, 1.165) is 49.6 Å². The average Bonchev–Trinajstić information content (AvgIpc) is 3.27. The van der Waals surface area contributed by atoms with Crippen molar-refractivity contribution in [2.75, 3.05) is 18.4 Å². The van der Waals surface area contributed by atoms with E-state index in [1.165, 1.54) is 10.6 Å². The molecule has 0 spiro atoms. The van der Waals surface area contributed by atoms with E-state index in [4.69, 9.17) is 14.4 Å². The Hall–Kier alpha value is -2.25. The number of thiazole rings is 1. The molecular formula is C18H21N5OS. The average molecular weight is 355 g/mol. The minimum Gasteiger partial charge on any atom is -0.461 e. The summed E-state index contributed by atoms with van der Waals surface area (Å²) >= 11 is 1.71. The lowest BCUT2D eigenvalue weighted by Crippen LogP contribution is -2.16. The van der Waals surface area contributed by atoms with Gasteiger partial charge in [0.1, 0.15) is 5.82 Å². The smallest absolute Gasteiger partial charge is 0.197 e. The van der Waals surface area contributed by atoms with Gasteiger partial charge in [-0.2, -0.15) is 0 Å². The van der Waals surface area contributed by atoms with Gasteiger partial charge < -0.3 is 15.1 Å². The number of hydrogen-bond acceptors (Lipinski definition) is 7. The van der Waals surface area contributed by atoms with E-state index < -0.39 is 0 Å². The lowest BCUT2D eigenvalue weighted by molar-refractivity contribution is 0.576. The molecule has 0 unspecified atom stereocenters. The van der Waals surface area contributed by atoms with E-state index in [9.17, 15) is 0 Å². The number of nitrogens with one attached hydrogen (secondary N) is 2. The highest BCUT2D eigenvalue weighted by atomic mass is 32.1. The Kier molecular flexibility index (Phi) is 4.76. The molecule has 0 atom stereocenters. The van der Waals surface area contributed by atoms with Gasteiger partial charge in [-0.05, 0) is 31.5 Å². The predicted octanol–water partition coefficient (Wildman–Crippen LogP) is 3.06. The summed E-state index contributed by atoms with van der Waals surface area (Å²) in [4.78, 5) is 14.1. The first-order chi connectivity index (χ1) is 12.3. The molecule has 0 radical (unpaired) electrons. The Balaban J connectivity index is 1.65. The van der Waals surface area contributed by atoms with Crippen LogP contribution in [0.1, 0.15) is 28.9 Å². The second kappa shape index (κ2) is 7.33. The van der Waals surface area contributed by atoms with Crippen LogP contribution in [-0.4, -0.2) is 28.0 Å². The van der Waals surface area contributed by atoms with Crippen molar-refractivity contribution < 1.29 is 4.42 Å². The number of aryl methyl sites for hydroxylation is 1. The number of rotatable bonds is 5. The van der Waals surface area contributed by atoms with E-state index >= 15 is 0 Å². The second-order valence-electron chi connectivity index (χ2n) is 5.99. The van der Waals surface area contributed by atoms with Crippen LogP contribution in [0.5, 0.6) is 0 Å². The predicted molar refractivity (Wildman–Crippen MR) is 98.8 cm³/mol. The van der Waals surface area contributed by atoms with Crippen LogP contribution in [-0.2, 0) is 25.8 Å². The van der Waals surface area contributed by atoms with Crippen LogP contribution in [0.2, 0.25) is 0 Å². The molecule has 3 aromatic rings. The Morgan fingerprint density at radius 2 is 2.16 bits per heavy atom. The second-order valence-corrected chi connectivity index (χ2v) is 6.93. The fourth-order valence-corrected chi connectivity index (χ4v) is 3.72. The molecule has 25 heavy (non-hydrogen) atoms. The number of hydrogen-bond donors (Lipinski definition) is 2. The van der Waals surface area contributed by atoms with Gasteiger partial charge in [-0.25, -0.2) is 15.0 Å². The first-order valence-corrected chi connectivity index (χ1v) is 9.53. The highest BCUT2D eigenvalue weighted by Crippen LogP contribution is 2.25. The summed E-state index contributed by atoms with van der Waals surface area (Å²) < 4.78 is 5.50. The highest BCUT2D eigenvalue weighted by Gasteiger charge is 2.18. The maximum Gasteiger partial charge on any atom is 0.197 e. The third-order valence-electron chi connectivity index (χ3n) is 4.26. The van der Waals surface area contributed by atoms with Gasteiger partial charge in [0.25, 0.3) is 0 Å². The van der Waals surface area contributed by atoms with Crippen LogP contribution in [0.15, 0.2) is 28.2 Å². The normalized spacial score (nSPS) is 14.1. The van der Waals surface area contributed by atoms with Gasteiger partial charge >= 0.3 is 0 Å². The summed E-state index contributed by atoms with van der Waals surface area (Å²) in [7, 11) is 0. The van der Waals surface area contributed by atoms with Gasteiger partial charge in [-0.3, -0.25) is 0 Å². The maximum atomic E-state index is 5.50. The third-order valence-corrected chi connectivity index (χ3v) is 5.31. The van der Waals surface area contributed by atoms with Gasteiger partial charge in [-0.1, -0.05) is 6.92 Å². The quantitative estimate of drug-likeness (QED) is 0.733. The number of aromatic nitrogens is 3. The first kappa shape index (κ1) is 16.2. The largest absolute Gasteiger partial charge is 0.461 e. The fraction of sp³-hybridized carbons (Fsp3) is 0.389. The van der Waals surface area contributed by atoms with Crippen molar-refractivity contribution in [3.05, 3.63) is 45.7 Å². The molecule has 0 fully saturated rings. The monoisotopic (exact) mass is 355 g/mol. The fourth-order valence-electron chi connectivity index (χ4n) is 2.97. The van der Waals surface area contributed by atoms with Crippen molar-refractivity contribution in [1.29, 1.82) is 0 Å². The van der Waals surface area contributed by atoms with Crippen LogP contribution in [0, 0.1) is 0 Å². The van der Waals surface area contributed by atoms with Crippen LogP contribution >= 0.6 is 11.3 Å². The van der Waals surface area contributed by atoms with Crippen molar-refractivity contribution in [1.82, 2.24) is 20.3 Å². The van der Waals surface area contributed by atoms with Crippen LogP contribution in [0.25, 0.3) is 11.6 Å². The topological polar surface area (TPSA) is 75.9 Å². The first-order valence-electron chi connectivity index (χ1n) is 8.65. The molecule has 3 aromatic heterocycles. The molecule has 0 aromatic carbocycles. The number of anilines is 1. The molecular weight excluding hydrogens is 334 g/mol. The Morgan fingerprint density at radius 3 is 2.96 bits per heavy atom. The van der Waals surface area contributed by atoms with Crippen molar-refractivity contribution >= 4 is 17.2 Å². The lowest BCUT2D eigenvalue weighted by Gasteiger charge is -2.13. The summed E-state index contributed by atoms with van der Waals surface area (Å²) in [5, 5.41) is 10.2. The molecule has 7 heteroatoms.